The van der Waals surface area contributed by atoms with Crippen LogP contribution in [0.4, 0.5) is 5.69 Å². The van der Waals surface area contributed by atoms with Crippen molar-refractivity contribution in [2.75, 3.05) is 25.1 Å². The molecular weight excluding hydrogens is 626 g/mol. The van der Waals surface area contributed by atoms with E-state index in [-0.39, 0.29) is 51.9 Å². The molecule has 238 valence electrons. The van der Waals surface area contributed by atoms with E-state index < -0.39 is 13.9 Å². The van der Waals surface area contributed by atoms with Gasteiger partial charge in [0.05, 0.1) is 17.3 Å². The van der Waals surface area contributed by atoms with E-state index in [2.05, 4.69) is 81.1 Å². The SMILES string of the molecule is CC(=O)O[C@@H]1CC[C@]2(C)[C@H](CC[C@]3(CNc4ccc(Br)cc4)O[C@H](C4=CCOC4=O)C[C@H]32)[C@]1(C)CO[Si](C)(C)C(C)(C)C. The molecule has 7 nitrogen and oxygen atoms in total. The van der Waals surface area contributed by atoms with Crippen LogP contribution in [0.3, 0.4) is 0 Å². The van der Waals surface area contributed by atoms with E-state index >= 15 is 0 Å². The number of anilines is 1. The number of benzene rings is 1. The maximum Gasteiger partial charge on any atom is 0.336 e. The zero-order valence-electron chi connectivity index (χ0n) is 27.2. The van der Waals surface area contributed by atoms with Gasteiger partial charge < -0.3 is 24.0 Å². The highest BCUT2D eigenvalue weighted by atomic mass is 79.9. The summed E-state index contributed by atoms with van der Waals surface area (Å²) in [5.74, 6) is -0.0218. The van der Waals surface area contributed by atoms with Gasteiger partial charge in [-0.25, -0.2) is 4.79 Å². The van der Waals surface area contributed by atoms with Gasteiger partial charge in [0, 0.05) is 35.7 Å². The van der Waals surface area contributed by atoms with Crippen LogP contribution in [0.15, 0.2) is 40.4 Å². The molecule has 9 heteroatoms. The number of ether oxygens (including phenoxy) is 3. The number of carbonyl (C=O) groups excluding carboxylic acids is 2. The number of halogens is 1. The maximum atomic E-state index is 12.7. The minimum Gasteiger partial charge on any atom is -0.462 e. The molecule has 1 aromatic carbocycles. The summed E-state index contributed by atoms with van der Waals surface area (Å²) in [7, 11) is -2.06. The Balaban J connectivity index is 1.49. The Bertz CT molecular complexity index is 1260. The van der Waals surface area contributed by atoms with Gasteiger partial charge in [-0.1, -0.05) is 50.5 Å². The summed E-state index contributed by atoms with van der Waals surface area (Å²) in [6.07, 6.45) is 5.67. The number of fused-ring (bicyclic) bond motifs is 3. The van der Waals surface area contributed by atoms with Crippen LogP contribution in [0, 0.1) is 22.7 Å². The summed E-state index contributed by atoms with van der Waals surface area (Å²) in [5, 5.41) is 3.76. The predicted octanol–water partition coefficient (Wildman–Crippen LogP) is 7.66. The summed E-state index contributed by atoms with van der Waals surface area (Å²) < 4.78 is 26.4. The Hall–Kier alpha value is -1.68. The monoisotopic (exact) mass is 675 g/mol. The Kier molecular flexibility index (Phi) is 8.82. The summed E-state index contributed by atoms with van der Waals surface area (Å²) in [6.45, 7) is 19.2. The fourth-order valence-corrected chi connectivity index (χ4v) is 9.74. The first kappa shape index (κ1) is 32.7. The average molecular weight is 677 g/mol. The first-order valence-electron chi connectivity index (χ1n) is 15.9. The third-order valence-corrected chi connectivity index (χ3v) is 16.8. The quantitative estimate of drug-likeness (QED) is 0.224. The second kappa shape index (κ2) is 11.6. The Morgan fingerprint density at radius 3 is 2.42 bits per heavy atom. The number of cyclic esters (lactones) is 1. The van der Waals surface area contributed by atoms with Crippen molar-refractivity contribution in [3.63, 3.8) is 0 Å². The fraction of sp³-hybridized carbons (Fsp3) is 0.706. The predicted molar refractivity (Wildman–Crippen MR) is 174 cm³/mol. The lowest BCUT2D eigenvalue weighted by molar-refractivity contribution is -0.209. The van der Waals surface area contributed by atoms with Gasteiger partial charge in [0.15, 0.2) is 8.32 Å². The van der Waals surface area contributed by atoms with Crippen molar-refractivity contribution in [1.82, 2.24) is 0 Å². The van der Waals surface area contributed by atoms with Crippen LogP contribution in [0.25, 0.3) is 0 Å². The highest BCUT2D eigenvalue weighted by Crippen LogP contribution is 2.67. The van der Waals surface area contributed by atoms with Crippen molar-refractivity contribution in [1.29, 1.82) is 0 Å². The van der Waals surface area contributed by atoms with Crippen molar-refractivity contribution in [2.24, 2.45) is 22.7 Å². The van der Waals surface area contributed by atoms with Gasteiger partial charge in [-0.05, 0) is 97.8 Å². The molecule has 0 spiro atoms. The first-order valence-corrected chi connectivity index (χ1v) is 19.6. The molecule has 0 aromatic heterocycles. The number of carbonyl (C=O) groups is 2. The second-order valence-corrected chi connectivity index (χ2v) is 21.1. The van der Waals surface area contributed by atoms with E-state index in [9.17, 15) is 9.59 Å². The Labute approximate surface area is 267 Å². The number of rotatable bonds is 8. The van der Waals surface area contributed by atoms with Crippen molar-refractivity contribution >= 4 is 41.9 Å². The molecule has 0 bridgehead atoms. The van der Waals surface area contributed by atoms with Gasteiger partial charge in [0.1, 0.15) is 12.7 Å². The van der Waals surface area contributed by atoms with E-state index in [4.69, 9.17) is 18.6 Å². The summed E-state index contributed by atoms with van der Waals surface area (Å²) in [6, 6.07) is 8.23. The molecule has 1 saturated heterocycles. The van der Waals surface area contributed by atoms with Crippen molar-refractivity contribution in [2.45, 2.75) is 110 Å². The zero-order chi connectivity index (χ0) is 31.4. The topological polar surface area (TPSA) is 83.1 Å². The molecule has 1 aromatic rings. The minimum atomic E-state index is -2.06. The highest BCUT2D eigenvalue weighted by Gasteiger charge is 2.67. The van der Waals surface area contributed by atoms with E-state index in [0.717, 1.165) is 42.3 Å². The van der Waals surface area contributed by atoms with Crippen LogP contribution in [-0.4, -0.2) is 57.8 Å². The molecule has 4 aliphatic rings. The van der Waals surface area contributed by atoms with E-state index in [1.54, 1.807) is 0 Å². The smallest absolute Gasteiger partial charge is 0.336 e. The molecule has 7 atom stereocenters. The van der Waals surface area contributed by atoms with Crippen molar-refractivity contribution < 1.29 is 28.2 Å². The van der Waals surface area contributed by atoms with Gasteiger partial charge in [0.25, 0.3) is 0 Å². The van der Waals surface area contributed by atoms with Crippen LogP contribution in [0.2, 0.25) is 18.1 Å². The molecule has 0 unspecified atom stereocenters. The van der Waals surface area contributed by atoms with Crippen LogP contribution < -0.4 is 5.32 Å². The van der Waals surface area contributed by atoms with Crippen LogP contribution >= 0.6 is 15.9 Å². The number of hydrogen-bond acceptors (Lipinski definition) is 7. The van der Waals surface area contributed by atoms with Gasteiger partial charge in [-0.15, -0.1) is 0 Å². The van der Waals surface area contributed by atoms with E-state index in [0.29, 0.717) is 25.3 Å². The average Bonchev–Trinajstić information content (AvgIpc) is 3.53. The lowest BCUT2D eigenvalue weighted by Crippen LogP contribution is -2.64. The third-order valence-electron chi connectivity index (χ3n) is 11.8. The van der Waals surface area contributed by atoms with Crippen molar-refractivity contribution in [3.05, 3.63) is 40.4 Å². The third kappa shape index (κ3) is 6.00. The molecule has 2 aliphatic heterocycles. The summed E-state index contributed by atoms with van der Waals surface area (Å²) in [4.78, 5) is 25.1. The largest absolute Gasteiger partial charge is 0.462 e. The second-order valence-electron chi connectivity index (χ2n) is 15.4. The van der Waals surface area contributed by atoms with Crippen LogP contribution in [0.5, 0.6) is 0 Å². The number of nitrogens with one attached hydrogen (secondary N) is 1. The lowest BCUT2D eigenvalue weighted by atomic mass is 9.44. The molecule has 0 radical (unpaired) electrons. The van der Waals surface area contributed by atoms with Gasteiger partial charge in [-0.3, -0.25) is 4.79 Å². The van der Waals surface area contributed by atoms with Gasteiger partial charge >= 0.3 is 11.9 Å². The molecule has 3 fully saturated rings. The molecular formula is C34H50BrNO6Si. The first-order chi connectivity index (χ1) is 20.0. The maximum absolute atomic E-state index is 12.7. The zero-order valence-corrected chi connectivity index (χ0v) is 29.8. The number of hydrogen-bond donors (Lipinski definition) is 1. The molecule has 5 rings (SSSR count). The van der Waals surface area contributed by atoms with Crippen molar-refractivity contribution in [3.8, 4) is 0 Å². The van der Waals surface area contributed by atoms with Gasteiger partial charge in [-0.2, -0.15) is 0 Å². The molecule has 2 heterocycles. The molecule has 2 saturated carbocycles. The highest BCUT2D eigenvalue weighted by molar-refractivity contribution is 9.10. The van der Waals surface area contributed by atoms with Gasteiger partial charge in [0.2, 0.25) is 0 Å². The van der Waals surface area contributed by atoms with E-state index in [1.807, 2.05) is 18.2 Å². The summed E-state index contributed by atoms with van der Waals surface area (Å²) in [5.41, 5.74) is 0.821. The Morgan fingerprint density at radius 1 is 1.12 bits per heavy atom. The van der Waals surface area contributed by atoms with Crippen LogP contribution in [-0.2, 0) is 28.2 Å². The molecule has 2 aliphatic carbocycles. The fourth-order valence-electron chi connectivity index (χ4n) is 8.37. The van der Waals surface area contributed by atoms with E-state index in [1.165, 1.54) is 6.92 Å². The standard InChI is InChI=1S/C34H50BrNO6Si/c1-22(37)41-29-14-16-32(5)27(33(29,6)21-40-43(7,8)31(2,3)4)13-17-34(20-36-24-11-9-23(35)10-12-24)28(32)19-26(42-34)25-15-18-39-30(25)38/h9-12,15,26-29,36H,13-14,16-21H2,1-8H3/t26-,27-,28-,29+,32+,33-,34+/m0/s1. The Morgan fingerprint density at radius 2 is 1.81 bits per heavy atom. The summed E-state index contributed by atoms with van der Waals surface area (Å²) >= 11 is 3.54. The molecule has 1 N–H and O–H groups in total. The minimum absolute atomic E-state index is 0.0782. The molecule has 0 amide bonds. The molecule has 43 heavy (non-hydrogen) atoms. The number of esters is 2. The van der Waals surface area contributed by atoms with Crippen LogP contribution in [0.1, 0.15) is 73.6 Å². The lowest BCUT2D eigenvalue weighted by Gasteiger charge is -2.63. The normalized spacial score (nSPS) is 35.9.